The number of hydrogen-bond acceptors (Lipinski definition) is 0. The lowest BCUT2D eigenvalue weighted by atomic mass is 9.69. The van der Waals surface area contributed by atoms with Gasteiger partial charge in [0.2, 0.25) is 0 Å². The van der Waals surface area contributed by atoms with Gasteiger partial charge in [-0.2, -0.15) is 0 Å². The van der Waals surface area contributed by atoms with Crippen molar-refractivity contribution in [1.82, 2.24) is 0 Å². The number of alkyl halides is 1. The standard InChI is InChI=1S/C18H25Br3/c1-11-9-16(20)14(10-15(11)19)17(21)12-5-7-13(8-6-12)18(2,3)4/h9-10,12-13,17H,5-8H2,1-4H3. The molecule has 21 heavy (non-hydrogen) atoms. The van der Waals surface area contributed by atoms with E-state index in [0.29, 0.717) is 10.2 Å². The van der Waals surface area contributed by atoms with Gasteiger partial charge in [-0.1, -0.05) is 68.6 Å². The van der Waals surface area contributed by atoms with Crippen molar-refractivity contribution in [3.63, 3.8) is 0 Å². The highest BCUT2D eigenvalue weighted by Gasteiger charge is 2.33. The zero-order chi connectivity index (χ0) is 15.8. The van der Waals surface area contributed by atoms with Crippen LogP contribution in [0.5, 0.6) is 0 Å². The van der Waals surface area contributed by atoms with Crippen molar-refractivity contribution < 1.29 is 0 Å². The Morgan fingerprint density at radius 3 is 2.10 bits per heavy atom. The number of benzene rings is 1. The predicted octanol–water partition coefficient (Wildman–Crippen LogP) is 7.81. The fraction of sp³-hybridized carbons (Fsp3) is 0.667. The van der Waals surface area contributed by atoms with Gasteiger partial charge in [0, 0.05) is 13.8 Å². The normalized spacial score (nSPS) is 24.9. The molecular weight excluding hydrogens is 456 g/mol. The topological polar surface area (TPSA) is 0 Å². The van der Waals surface area contributed by atoms with Gasteiger partial charge in [0.05, 0.1) is 0 Å². The summed E-state index contributed by atoms with van der Waals surface area (Å²) in [6, 6.07) is 4.49. The van der Waals surface area contributed by atoms with Crippen LogP contribution in [0, 0.1) is 24.2 Å². The second kappa shape index (κ2) is 7.05. The van der Waals surface area contributed by atoms with Crippen molar-refractivity contribution in [3.8, 4) is 0 Å². The van der Waals surface area contributed by atoms with Gasteiger partial charge in [0.1, 0.15) is 0 Å². The summed E-state index contributed by atoms with van der Waals surface area (Å²) in [6.45, 7) is 9.29. The maximum Gasteiger partial charge on any atom is 0.0435 e. The average Bonchev–Trinajstić information content (AvgIpc) is 2.41. The van der Waals surface area contributed by atoms with Crippen molar-refractivity contribution in [1.29, 1.82) is 0 Å². The van der Waals surface area contributed by atoms with E-state index in [9.17, 15) is 0 Å². The molecule has 2 rings (SSSR count). The van der Waals surface area contributed by atoms with Crippen LogP contribution >= 0.6 is 47.8 Å². The highest BCUT2D eigenvalue weighted by atomic mass is 79.9. The molecule has 1 aliphatic rings. The van der Waals surface area contributed by atoms with Gasteiger partial charge in [-0.15, -0.1) is 0 Å². The molecule has 3 heteroatoms. The molecule has 1 fully saturated rings. The monoisotopic (exact) mass is 478 g/mol. The highest BCUT2D eigenvalue weighted by Crippen LogP contribution is 2.47. The van der Waals surface area contributed by atoms with Crippen molar-refractivity contribution in [2.75, 3.05) is 0 Å². The van der Waals surface area contributed by atoms with E-state index in [2.05, 4.69) is 87.6 Å². The number of hydrogen-bond donors (Lipinski definition) is 0. The molecule has 0 bridgehead atoms. The molecule has 0 heterocycles. The van der Waals surface area contributed by atoms with Crippen LogP contribution in [0.15, 0.2) is 21.1 Å². The first kappa shape index (κ1) is 18.0. The van der Waals surface area contributed by atoms with Crippen LogP contribution in [0.3, 0.4) is 0 Å². The van der Waals surface area contributed by atoms with Gasteiger partial charge in [-0.25, -0.2) is 0 Å². The van der Waals surface area contributed by atoms with Crippen LogP contribution in [0.25, 0.3) is 0 Å². The van der Waals surface area contributed by atoms with Crippen LogP contribution in [0.4, 0.5) is 0 Å². The molecule has 0 nitrogen and oxygen atoms in total. The summed E-state index contributed by atoms with van der Waals surface area (Å²) in [5, 5.41) is 0. The Labute approximate surface area is 154 Å². The molecule has 1 aromatic carbocycles. The molecule has 0 aromatic heterocycles. The third-order valence-corrected chi connectivity index (χ3v) is 7.77. The second-order valence-electron chi connectivity index (χ2n) is 7.50. The summed E-state index contributed by atoms with van der Waals surface area (Å²) in [5.41, 5.74) is 3.12. The molecule has 0 saturated heterocycles. The predicted molar refractivity (Wildman–Crippen MR) is 103 cm³/mol. The van der Waals surface area contributed by atoms with Crippen molar-refractivity contribution in [2.24, 2.45) is 17.3 Å². The first-order valence-electron chi connectivity index (χ1n) is 7.79. The zero-order valence-electron chi connectivity index (χ0n) is 13.3. The van der Waals surface area contributed by atoms with Crippen LogP contribution in [0.2, 0.25) is 0 Å². The number of rotatable bonds is 2. The lowest BCUT2D eigenvalue weighted by molar-refractivity contribution is 0.149. The summed E-state index contributed by atoms with van der Waals surface area (Å²) in [4.78, 5) is 0.449. The Kier molecular flexibility index (Phi) is 6.04. The Balaban J connectivity index is 2.09. The molecule has 1 unspecified atom stereocenters. The Hall–Kier alpha value is 0.660. The van der Waals surface area contributed by atoms with E-state index in [1.54, 1.807) is 0 Å². The SMILES string of the molecule is Cc1cc(Br)c(C(Br)C2CCC(C(C)(C)C)CC2)cc1Br. The first-order chi connectivity index (χ1) is 9.70. The second-order valence-corrected chi connectivity index (χ2v) is 10.2. The van der Waals surface area contributed by atoms with E-state index < -0.39 is 0 Å². The fourth-order valence-corrected chi connectivity index (χ4v) is 5.69. The Morgan fingerprint density at radius 2 is 1.57 bits per heavy atom. The van der Waals surface area contributed by atoms with E-state index in [-0.39, 0.29) is 0 Å². The first-order valence-corrected chi connectivity index (χ1v) is 10.3. The van der Waals surface area contributed by atoms with Gasteiger partial charge in [-0.3, -0.25) is 0 Å². The lowest BCUT2D eigenvalue weighted by Gasteiger charge is -2.38. The lowest BCUT2D eigenvalue weighted by Crippen LogP contribution is -2.27. The molecule has 0 N–H and O–H groups in total. The van der Waals surface area contributed by atoms with E-state index in [1.165, 1.54) is 45.8 Å². The fourth-order valence-electron chi connectivity index (χ4n) is 3.40. The number of halogens is 3. The maximum absolute atomic E-state index is 3.98. The van der Waals surface area contributed by atoms with Gasteiger partial charge in [-0.05, 0) is 73.1 Å². The molecule has 1 saturated carbocycles. The summed E-state index contributed by atoms with van der Waals surface area (Å²) >= 11 is 11.4. The van der Waals surface area contributed by atoms with Gasteiger partial charge >= 0.3 is 0 Å². The van der Waals surface area contributed by atoms with Crippen LogP contribution in [0.1, 0.15) is 62.4 Å². The van der Waals surface area contributed by atoms with Gasteiger partial charge < -0.3 is 0 Å². The molecule has 0 radical (unpaired) electrons. The van der Waals surface area contributed by atoms with Crippen molar-refractivity contribution in [2.45, 2.75) is 58.2 Å². The molecule has 1 atom stereocenters. The zero-order valence-corrected chi connectivity index (χ0v) is 18.1. The van der Waals surface area contributed by atoms with Gasteiger partial charge in [0.15, 0.2) is 0 Å². The van der Waals surface area contributed by atoms with Crippen LogP contribution in [-0.4, -0.2) is 0 Å². The van der Waals surface area contributed by atoms with Crippen LogP contribution in [-0.2, 0) is 0 Å². The quantitative estimate of drug-likeness (QED) is 0.378. The number of aryl methyl sites for hydroxylation is 1. The van der Waals surface area contributed by atoms with E-state index in [0.717, 1.165) is 11.8 Å². The third kappa shape index (κ3) is 4.35. The molecular formula is C18H25Br3. The molecule has 1 aromatic rings. The highest BCUT2D eigenvalue weighted by molar-refractivity contribution is 9.11. The third-order valence-electron chi connectivity index (χ3n) is 4.99. The maximum atomic E-state index is 3.98. The van der Waals surface area contributed by atoms with Crippen LogP contribution < -0.4 is 0 Å². The minimum Gasteiger partial charge on any atom is -0.0835 e. The summed E-state index contributed by atoms with van der Waals surface area (Å²) in [7, 11) is 0. The van der Waals surface area contributed by atoms with E-state index >= 15 is 0 Å². The molecule has 0 amide bonds. The minimum absolute atomic E-state index is 0.449. The average molecular weight is 481 g/mol. The molecule has 0 aliphatic heterocycles. The van der Waals surface area contributed by atoms with E-state index in [1.807, 2.05) is 0 Å². The Morgan fingerprint density at radius 1 is 1.00 bits per heavy atom. The smallest absolute Gasteiger partial charge is 0.0435 e. The summed E-state index contributed by atoms with van der Waals surface area (Å²) in [6.07, 6.45) is 5.38. The molecule has 0 spiro atoms. The van der Waals surface area contributed by atoms with Gasteiger partial charge in [0.25, 0.3) is 0 Å². The van der Waals surface area contributed by atoms with Crippen molar-refractivity contribution >= 4 is 47.8 Å². The summed E-state index contributed by atoms with van der Waals surface area (Å²) in [5.74, 6) is 1.62. The largest absolute Gasteiger partial charge is 0.0835 e. The molecule has 1 aliphatic carbocycles. The van der Waals surface area contributed by atoms with E-state index in [4.69, 9.17) is 0 Å². The minimum atomic E-state index is 0.449. The molecule has 118 valence electrons. The van der Waals surface area contributed by atoms with Crippen molar-refractivity contribution in [3.05, 3.63) is 32.2 Å². The summed E-state index contributed by atoms with van der Waals surface area (Å²) < 4.78 is 2.43. The Bertz CT molecular complexity index is 494.